The smallest absolute Gasteiger partial charge is 0.204 e. The fraction of sp³-hybridized carbons (Fsp3) is 0.118. The Labute approximate surface area is 131 Å². The lowest BCUT2D eigenvalue weighted by molar-refractivity contribution is 0.0510. The first-order valence-electron chi connectivity index (χ1n) is 6.80. The van der Waals surface area contributed by atoms with E-state index in [1.54, 1.807) is 12.1 Å². The maximum absolute atomic E-state index is 12.6. The predicted molar refractivity (Wildman–Crippen MR) is 83.8 cm³/mol. The summed E-state index contributed by atoms with van der Waals surface area (Å²) in [5.74, 6) is 0.196. The van der Waals surface area contributed by atoms with Crippen molar-refractivity contribution in [1.29, 1.82) is 0 Å². The van der Waals surface area contributed by atoms with Crippen LogP contribution in [-0.2, 0) is 4.74 Å². The van der Waals surface area contributed by atoms with E-state index in [9.17, 15) is 15.0 Å². The molecule has 0 radical (unpaired) electrons. The molecule has 0 saturated carbocycles. The van der Waals surface area contributed by atoms with Gasteiger partial charge in [0.15, 0.2) is 6.79 Å². The van der Waals surface area contributed by atoms with Gasteiger partial charge in [-0.1, -0.05) is 12.1 Å². The summed E-state index contributed by atoms with van der Waals surface area (Å²) < 4.78 is 15.5. The van der Waals surface area contributed by atoms with E-state index < -0.39 is 0 Å². The molecule has 0 amide bonds. The molecule has 0 aliphatic heterocycles. The molecule has 6 nitrogen and oxygen atoms in total. The van der Waals surface area contributed by atoms with Crippen molar-refractivity contribution in [2.75, 3.05) is 13.9 Å². The van der Waals surface area contributed by atoms with E-state index in [1.807, 2.05) is 0 Å². The first kappa shape index (κ1) is 14.9. The highest BCUT2D eigenvalue weighted by atomic mass is 16.7. The van der Waals surface area contributed by atoms with Crippen LogP contribution < -0.4 is 10.2 Å². The standard InChI is InChI=1S/C17H14O6/c1-21-9-23-12-6-14(19)16-15(7-12)22-8-13(17(16)20)10-2-4-11(18)5-3-10/h2-8,18-19H,9H2,1H3. The van der Waals surface area contributed by atoms with Gasteiger partial charge < -0.3 is 24.1 Å². The van der Waals surface area contributed by atoms with Gasteiger partial charge in [-0.2, -0.15) is 0 Å². The minimum absolute atomic E-state index is 0.0147. The zero-order valence-corrected chi connectivity index (χ0v) is 12.3. The molecule has 0 saturated heterocycles. The maximum Gasteiger partial charge on any atom is 0.204 e. The third kappa shape index (κ3) is 2.84. The summed E-state index contributed by atoms with van der Waals surface area (Å²) in [5, 5.41) is 19.5. The second kappa shape index (κ2) is 6.02. The van der Waals surface area contributed by atoms with Crippen LogP contribution in [0.1, 0.15) is 0 Å². The monoisotopic (exact) mass is 314 g/mol. The van der Waals surface area contributed by atoms with E-state index in [1.165, 1.54) is 37.6 Å². The van der Waals surface area contributed by atoms with Crippen molar-refractivity contribution in [1.82, 2.24) is 0 Å². The number of aromatic hydroxyl groups is 2. The Kier molecular flexibility index (Phi) is 3.91. The number of rotatable bonds is 4. The zero-order chi connectivity index (χ0) is 16.4. The highest BCUT2D eigenvalue weighted by Crippen LogP contribution is 2.30. The molecular weight excluding hydrogens is 300 g/mol. The van der Waals surface area contributed by atoms with Crippen LogP contribution >= 0.6 is 0 Å². The second-order valence-electron chi connectivity index (χ2n) is 4.89. The van der Waals surface area contributed by atoms with Crippen LogP contribution in [0, 0.1) is 0 Å². The van der Waals surface area contributed by atoms with Gasteiger partial charge >= 0.3 is 0 Å². The molecule has 1 aromatic heterocycles. The minimum Gasteiger partial charge on any atom is -0.508 e. The number of hydrogen-bond acceptors (Lipinski definition) is 6. The highest BCUT2D eigenvalue weighted by molar-refractivity contribution is 5.88. The van der Waals surface area contributed by atoms with Crippen LogP contribution in [0.15, 0.2) is 51.9 Å². The van der Waals surface area contributed by atoms with E-state index in [0.29, 0.717) is 16.9 Å². The molecule has 0 aliphatic carbocycles. The second-order valence-corrected chi connectivity index (χ2v) is 4.89. The molecule has 1 heterocycles. The molecule has 0 unspecified atom stereocenters. The van der Waals surface area contributed by atoms with Crippen LogP contribution in [0.2, 0.25) is 0 Å². The first-order chi connectivity index (χ1) is 11.1. The van der Waals surface area contributed by atoms with Crippen LogP contribution in [0.4, 0.5) is 0 Å². The summed E-state index contributed by atoms with van der Waals surface area (Å²) in [7, 11) is 1.48. The molecule has 23 heavy (non-hydrogen) atoms. The molecule has 0 atom stereocenters. The summed E-state index contributed by atoms with van der Waals surface area (Å²) in [4.78, 5) is 12.6. The lowest BCUT2D eigenvalue weighted by Gasteiger charge is -2.08. The summed E-state index contributed by atoms with van der Waals surface area (Å²) in [6.45, 7) is 0.0147. The van der Waals surface area contributed by atoms with Crippen LogP contribution in [-0.4, -0.2) is 24.1 Å². The van der Waals surface area contributed by atoms with Crippen molar-refractivity contribution in [3.63, 3.8) is 0 Å². The van der Waals surface area contributed by atoms with Crippen molar-refractivity contribution in [3.05, 3.63) is 52.9 Å². The number of hydrogen-bond donors (Lipinski definition) is 2. The van der Waals surface area contributed by atoms with E-state index in [4.69, 9.17) is 13.9 Å². The van der Waals surface area contributed by atoms with Crippen LogP contribution in [0.5, 0.6) is 17.2 Å². The van der Waals surface area contributed by atoms with Crippen molar-refractivity contribution < 1.29 is 24.1 Å². The normalized spacial score (nSPS) is 10.8. The van der Waals surface area contributed by atoms with Gasteiger partial charge in [0, 0.05) is 19.2 Å². The molecule has 3 aromatic rings. The molecule has 118 valence electrons. The third-order valence-corrected chi connectivity index (χ3v) is 3.35. The van der Waals surface area contributed by atoms with Gasteiger partial charge in [0.1, 0.15) is 34.5 Å². The Morgan fingerprint density at radius 1 is 1.13 bits per heavy atom. The van der Waals surface area contributed by atoms with Crippen molar-refractivity contribution in [3.8, 4) is 28.4 Å². The number of ether oxygens (including phenoxy) is 2. The number of benzene rings is 2. The summed E-state index contributed by atoms with van der Waals surface area (Å²) in [6, 6.07) is 8.98. The average molecular weight is 314 g/mol. The Morgan fingerprint density at radius 3 is 2.57 bits per heavy atom. The minimum atomic E-state index is -0.368. The van der Waals surface area contributed by atoms with Gasteiger partial charge in [-0.05, 0) is 17.7 Å². The van der Waals surface area contributed by atoms with E-state index in [-0.39, 0.29) is 34.7 Å². The van der Waals surface area contributed by atoms with E-state index >= 15 is 0 Å². The van der Waals surface area contributed by atoms with Crippen LogP contribution in [0.3, 0.4) is 0 Å². The first-order valence-corrected chi connectivity index (χ1v) is 6.80. The van der Waals surface area contributed by atoms with Crippen LogP contribution in [0.25, 0.3) is 22.1 Å². The summed E-state index contributed by atoms with van der Waals surface area (Å²) in [5.41, 5.74) is 0.715. The Morgan fingerprint density at radius 2 is 1.87 bits per heavy atom. The summed E-state index contributed by atoms with van der Waals surface area (Å²) >= 11 is 0. The largest absolute Gasteiger partial charge is 0.508 e. The zero-order valence-electron chi connectivity index (χ0n) is 12.3. The van der Waals surface area contributed by atoms with Gasteiger partial charge in [0.25, 0.3) is 0 Å². The number of fused-ring (bicyclic) bond motifs is 1. The van der Waals surface area contributed by atoms with E-state index in [2.05, 4.69) is 0 Å². The Balaban J connectivity index is 2.14. The van der Waals surface area contributed by atoms with E-state index in [0.717, 1.165) is 0 Å². The summed E-state index contributed by atoms with van der Waals surface area (Å²) in [6.07, 6.45) is 1.32. The lowest BCUT2D eigenvalue weighted by atomic mass is 10.0. The molecule has 2 aromatic carbocycles. The third-order valence-electron chi connectivity index (χ3n) is 3.35. The van der Waals surface area contributed by atoms with Gasteiger partial charge in [-0.3, -0.25) is 4.79 Å². The predicted octanol–water partition coefficient (Wildman–Crippen LogP) is 2.85. The van der Waals surface area contributed by atoms with Gasteiger partial charge in [-0.15, -0.1) is 0 Å². The molecule has 3 rings (SSSR count). The average Bonchev–Trinajstić information content (AvgIpc) is 2.54. The molecule has 2 N–H and O–H groups in total. The highest BCUT2D eigenvalue weighted by Gasteiger charge is 2.14. The molecule has 6 heteroatoms. The maximum atomic E-state index is 12.6. The Hall–Kier alpha value is -2.99. The fourth-order valence-corrected chi connectivity index (χ4v) is 2.26. The van der Waals surface area contributed by atoms with Crippen molar-refractivity contribution >= 4 is 11.0 Å². The Bertz CT molecular complexity index is 895. The number of phenolic OH excluding ortho intramolecular Hbond substituents is 2. The molecule has 0 aliphatic rings. The topological polar surface area (TPSA) is 89.1 Å². The molecule has 0 spiro atoms. The van der Waals surface area contributed by atoms with Gasteiger partial charge in [-0.25, -0.2) is 0 Å². The fourth-order valence-electron chi connectivity index (χ4n) is 2.26. The molecular formula is C17H14O6. The van der Waals surface area contributed by atoms with Gasteiger partial charge in [0.05, 0.1) is 5.56 Å². The molecule has 0 bridgehead atoms. The van der Waals surface area contributed by atoms with Crippen molar-refractivity contribution in [2.24, 2.45) is 0 Å². The molecule has 0 fully saturated rings. The van der Waals surface area contributed by atoms with Gasteiger partial charge in [0.2, 0.25) is 5.43 Å². The lowest BCUT2D eigenvalue weighted by Crippen LogP contribution is -2.06. The number of phenols is 2. The quantitative estimate of drug-likeness (QED) is 0.720. The number of methoxy groups -OCH3 is 1. The SMILES string of the molecule is COCOc1cc(O)c2c(=O)c(-c3ccc(O)cc3)coc2c1. The van der Waals surface area contributed by atoms with Crippen molar-refractivity contribution in [2.45, 2.75) is 0 Å².